The van der Waals surface area contributed by atoms with Gasteiger partial charge in [0, 0.05) is 17.2 Å². The molecule has 3 aromatic heterocycles. The number of nitrogens with one attached hydrogen (secondary N) is 2. The first kappa shape index (κ1) is 16.4. The average Bonchev–Trinajstić information content (AvgIpc) is 3.10. The van der Waals surface area contributed by atoms with Crippen LogP contribution in [0, 0.1) is 6.92 Å². The SMILES string of the molecule is Cc1nc(CSc2nc(N[C@H](C)CO)c3sc(=O)[nH]c3n2)cs1. The van der Waals surface area contributed by atoms with Gasteiger partial charge in [-0.05, 0) is 13.8 Å². The maximum atomic E-state index is 11.6. The van der Waals surface area contributed by atoms with Gasteiger partial charge >= 0.3 is 4.87 Å². The Labute approximate surface area is 144 Å². The lowest BCUT2D eigenvalue weighted by molar-refractivity contribution is 0.281. The Morgan fingerprint density at radius 3 is 2.96 bits per heavy atom. The van der Waals surface area contributed by atoms with Gasteiger partial charge in [-0.15, -0.1) is 11.3 Å². The number of fused-ring (bicyclic) bond motifs is 1. The van der Waals surface area contributed by atoms with E-state index in [-0.39, 0.29) is 17.5 Å². The molecule has 0 unspecified atom stereocenters. The molecule has 7 nitrogen and oxygen atoms in total. The summed E-state index contributed by atoms with van der Waals surface area (Å²) in [4.78, 5) is 27.4. The molecular weight excluding hydrogens is 354 g/mol. The number of aliphatic hydroxyl groups excluding tert-OH is 1. The Hall–Kier alpha value is -1.49. The first-order valence-corrected chi connectivity index (χ1v) is 9.55. The van der Waals surface area contributed by atoms with E-state index in [1.54, 1.807) is 11.3 Å². The van der Waals surface area contributed by atoms with Gasteiger partial charge in [-0.25, -0.2) is 15.0 Å². The van der Waals surface area contributed by atoms with E-state index in [9.17, 15) is 9.90 Å². The van der Waals surface area contributed by atoms with E-state index in [0.717, 1.165) is 22.0 Å². The number of aliphatic hydroxyl groups is 1. The fraction of sp³-hybridized carbons (Fsp3) is 0.385. The molecule has 122 valence electrons. The molecule has 0 spiro atoms. The Bertz CT molecular complexity index is 872. The third-order valence-corrected chi connectivity index (χ3v) is 5.51. The van der Waals surface area contributed by atoms with Gasteiger partial charge < -0.3 is 10.4 Å². The first-order chi connectivity index (χ1) is 11.0. The summed E-state index contributed by atoms with van der Waals surface area (Å²) in [5.41, 5.74) is 1.50. The smallest absolute Gasteiger partial charge is 0.306 e. The van der Waals surface area contributed by atoms with Crippen molar-refractivity contribution in [3.63, 3.8) is 0 Å². The molecule has 3 aromatic rings. The van der Waals surface area contributed by atoms with Gasteiger partial charge in [0.15, 0.2) is 16.6 Å². The predicted molar refractivity (Wildman–Crippen MR) is 94.6 cm³/mol. The molecule has 0 saturated heterocycles. The molecule has 0 radical (unpaired) electrons. The Balaban J connectivity index is 1.89. The Morgan fingerprint density at radius 1 is 1.43 bits per heavy atom. The molecule has 0 aliphatic carbocycles. The molecule has 23 heavy (non-hydrogen) atoms. The first-order valence-electron chi connectivity index (χ1n) is 6.87. The van der Waals surface area contributed by atoms with Crippen LogP contribution >= 0.6 is 34.4 Å². The van der Waals surface area contributed by atoms with Crippen LogP contribution in [0.2, 0.25) is 0 Å². The molecule has 3 N–H and O–H groups in total. The minimum absolute atomic E-state index is 0.0224. The van der Waals surface area contributed by atoms with Crippen LogP contribution in [0.4, 0.5) is 5.82 Å². The molecule has 3 heterocycles. The van der Waals surface area contributed by atoms with Crippen LogP contribution in [-0.4, -0.2) is 37.7 Å². The lowest BCUT2D eigenvalue weighted by Gasteiger charge is -2.12. The summed E-state index contributed by atoms with van der Waals surface area (Å²) in [6.07, 6.45) is 0. The number of hydrogen-bond donors (Lipinski definition) is 3. The van der Waals surface area contributed by atoms with E-state index in [1.807, 2.05) is 19.2 Å². The van der Waals surface area contributed by atoms with Gasteiger partial charge in [-0.2, -0.15) is 0 Å². The van der Waals surface area contributed by atoms with Crippen LogP contribution in [0.25, 0.3) is 10.3 Å². The van der Waals surface area contributed by atoms with E-state index >= 15 is 0 Å². The highest BCUT2D eigenvalue weighted by molar-refractivity contribution is 7.98. The topological polar surface area (TPSA) is 104 Å². The summed E-state index contributed by atoms with van der Waals surface area (Å²) >= 11 is 4.13. The van der Waals surface area contributed by atoms with Crippen molar-refractivity contribution >= 4 is 50.6 Å². The minimum atomic E-state index is -0.175. The van der Waals surface area contributed by atoms with Crippen molar-refractivity contribution in [1.29, 1.82) is 0 Å². The van der Waals surface area contributed by atoms with Gasteiger partial charge in [0.05, 0.1) is 17.3 Å². The summed E-state index contributed by atoms with van der Waals surface area (Å²) in [5, 5.41) is 15.9. The minimum Gasteiger partial charge on any atom is -0.394 e. The molecule has 0 bridgehead atoms. The lowest BCUT2D eigenvalue weighted by atomic mass is 10.3. The molecule has 0 amide bonds. The van der Waals surface area contributed by atoms with Gasteiger partial charge in [-0.1, -0.05) is 23.1 Å². The fourth-order valence-electron chi connectivity index (χ4n) is 1.88. The van der Waals surface area contributed by atoms with Gasteiger partial charge in [-0.3, -0.25) is 9.78 Å². The number of aryl methyl sites for hydroxylation is 1. The van der Waals surface area contributed by atoms with Crippen molar-refractivity contribution in [3.05, 3.63) is 25.7 Å². The number of rotatable bonds is 6. The van der Waals surface area contributed by atoms with Gasteiger partial charge in [0.25, 0.3) is 0 Å². The molecule has 10 heteroatoms. The molecule has 0 aliphatic heterocycles. The van der Waals surface area contributed by atoms with Crippen LogP contribution in [0.5, 0.6) is 0 Å². The number of H-pyrrole nitrogens is 1. The molecule has 3 rings (SSSR count). The maximum Gasteiger partial charge on any atom is 0.306 e. The van der Waals surface area contributed by atoms with E-state index < -0.39 is 0 Å². The number of anilines is 1. The highest BCUT2D eigenvalue weighted by atomic mass is 32.2. The summed E-state index contributed by atoms with van der Waals surface area (Å²) in [5.74, 6) is 1.23. The maximum absolute atomic E-state index is 11.6. The summed E-state index contributed by atoms with van der Waals surface area (Å²) in [6, 6.07) is -0.163. The Kier molecular flexibility index (Phi) is 4.95. The van der Waals surface area contributed by atoms with Crippen LogP contribution in [-0.2, 0) is 5.75 Å². The van der Waals surface area contributed by atoms with Crippen molar-refractivity contribution in [2.24, 2.45) is 0 Å². The lowest BCUT2D eigenvalue weighted by Crippen LogP contribution is -2.20. The second-order valence-electron chi connectivity index (χ2n) is 4.92. The van der Waals surface area contributed by atoms with Crippen molar-refractivity contribution < 1.29 is 5.11 Å². The van der Waals surface area contributed by atoms with Crippen molar-refractivity contribution in [2.45, 2.75) is 30.8 Å². The Morgan fingerprint density at radius 2 is 2.26 bits per heavy atom. The number of thiazole rings is 2. The largest absolute Gasteiger partial charge is 0.394 e. The number of aromatic nitrogens is 4. The second kappa shape index (κ2) is 6.95. The fourth-order valence-corrected chi connectivity index (χ4v) is 4.06. The predicted octanol–water partition coefficient (Wildman–Crippen LogP) is 2.23. The van der Waals surface area contributed by atoms with E-state index in [0.29, 0.717) is 27.1 Å². The molecule has 0 fully saturated rings. The summed E-state index contributed by atoms with van der Waals surface area (Å²) < 4.78 is 0.671. The highest BCUT2D eigenvalue weighted by Gasteiger charge is 2.14. The number of aromatic amines is 1. The molecular formula is C13H15N5O2S3. The molecule has 1 atom stereocenters. The third kappa shape index (κ3) is 3.89. The van der Waals surface area contributed by atoms with Crippen molar-refractivity contribution in [2.75, 3.05) is 11.9 Å². The number of hydrogen-bond acceptors (Lipinski definition) is 9. The average molecular weight is 369 g/mol. The zero-order chi connectivity index (χ0) is 16.4. The second-order valence-corrected chi connectivity index (χ2v) is 7.91. The standard InChI is InChI=1S/C13H15N5O2S3/c1-6(3-19)14-10-9-11(18-13(20)23-9)17-12(16-10)22-5-8-4-21-7(2)15-8/h4,6,19H,3,5H2,1-2H3,(H2,14,16,17,18,20)/t6-/m1/s1. The van der Waals surface area contributed by atoms with Crippen LogP contribution in [0.3, 0.4) is 0 Å². The highest BCUT2D eigenvalue weighted by Crippen LogP contribution is 2.27. The zero-order valence-corrected chi connectivity index (χ0v) is 14.9. The number of thioether (sulfide) groups is 1. The number of nitrogens with zero attached hydrogens (tertiary/aromatic N) is 3. The van der Waals surface area contributed by atoms with Gasteiger partial charge in [0.2, 0.25) is 0 Å². The summed E-state index contributed by atoms with van der Waals surface area (Å²) in [7, 11) is 0. The monoisotopic (exact) mass is 369 g/mol. The molecule has 0 aliphatic rings. The normalized spacial score (nSPS) is 12.7. The van der Waals surface area contributed by atoms with Crippen molar-refractivity contribution in [3.8, 4) is 0 Å². The van der Waals surface area contributed by atoms with E-state index in [2.05, 4.69) is 25.3 Å². The van der Waals surface area contributed by atoms with E-state index in [4.69, 9.17) is 0 Å². The third-order valence-electron chi connectivity index (χ3n) is 2.93. The van der Waals surface area contributed by atoms with Crippen LogP contribution < -0.4 is 10.2 Å². The van der Waals surface area contributed by atoms with E-state index in [1.165, 1.54) is 11.8 Å². The van der Waals surface area contributed by atoms with Gasteiger partial charge in [0.1, 0.15) is 4.70 Å². The summed E-state index contributed by atoms with van der Waals surface area (Å²) in [6.45, 7) is 3.79. The quantitative estimate of drug-likeness (QED) is 0.452. The zero-order valence-electron chi connectivity index (χ0n) is 12.5. The van der Waals surface area contributed by atoms with Crippen LogP contribution in [0.15, 0.2) is 15.3 Å². The molecule has 0 saturated carbocycles. The molecule has 0 aromatic carbocycles. The van der Waals surface area contributed by atoms with Crippen molar-refractivity contribution in [1.82, 2.24) is 19.9 Å². The van der Waals surface area contributed by atoms with Crippen LogP contribution in [0.1, 0.15) is 17.6 Å².